The maximum atomic E-state index is 9.11. The molecule has 0 radical (unpaired) electrons. The molecule has 0 amide bonds. The SMILES string of the molecule is OCC1C=CC=C1Sc1ccccc1. The highest BCUT2D eigenvalue weighted by atomic mass is 32.2. The van der Waals surface area contributed by atoms with Gasteiger partial charge in [-0.15, -0.1) is 0 Å². The molecule has 0 saturated carbocycles. The second-order valence-electron chi connectivity index (χ2n) is 3.16. The lowest BCUT2D eigenvalue weighted by molar-refractivity contribution is 0.273. The van der Waals surface area contributed by atoms with Crippen LogP contribution in [0.1, 0.15) is 0 Å². The summed E-state index contributed by atoms with van der Waals surface area (Å²) in [7, 11) is 0. The number of aliphatic hydroxyl groups excluding tert-OH is 1. The van der Waals surface area contributed by atoms with Crippen LogP contribution in [0.2, 0.25) is 0 Å². The van der Waals surface area contributed by atoms with Gasteiger partial charge in [-0.25, -0.2) is 0 Å². The Morgan fingerprint density at radius 2 is 2.00 bits per heavy atom. The normalized spacial score (nSPS) is 19.8. The topological polar surface area (TPSA) is 20.2 Å². The second kappa shape index (κ2) is 4.49. The Bertz CT molecular complexity index is 354. The minimum absolute atomic E-state index is 0.195. The van der Waals surface area contributed by atoms with Gasteiger partial charge < -0.3 is 5.11 Å². The predicted molar refractivity (Wildman–Crippen MR) is 60.1 cm³/mol. The second-order valence-corrected chi connectivity index (χ2v) is 4.31. The van der Waals surface area contributed by atoms with Gasteiger partial charge >= 0.3 is 0 Å². The first-order chi connectivity index (χ1) is 6.90. The molecule has 1 aromatic carbocycles. The van der Waals surface area contributed by atoms with Crippen molar-refractivity contribution in [1.82, 2.24) is 0 Å². The van der Waals surface area contributed by atoms with E-state index in [0.29, 0.717) is 0 Å². The van der Waals surface area contributed by atoms with E-state index in [1.54, 1.807) is 11.8 Å². The van der Waals surface area contributed by atoms with Gasteiger partial charge in [0.05, 0.1) is 6.61 Å². The molecule has 1 atom stereocenters. The van der Waals surface area contributed by atoms with Crippen molar-refractivity contribution in [3.8, 4) is 0 Å². The number of thioether (sulfide) groups is 1. The van der Waals surface area contributed by atoms with Gasteiger partial charge in [0.15, 0.2) is 0 Å². The van der Waals surface area contributed by atoms with E-state index in [2.05, 4.69) is 18.2 Å². The van der Waals surface area contributed by atoms with Crippen molar-refractivity contribution >= 4 is 11.8 Å². The third-order valence-electron chi connectivity index (χ3n) is 2.14. The van der Waals surface area contributed by atoms with Crippen LogP contribution in [0.5, 0.6) is 0 Å². The third kappa shape index (κ3) is 2.08. The van der Waals surface area contributed by atoms with E-state index in [0.717, 1.165) is 0 Å². The monoisotopic (exact) mass is 204 g/mol. The van der Waals surface area contributed by atoms with Crippen LogP contribution in [0, 0.1) is 5.92 Å². The van der Waals surface area contributed by atoms with E-state index in [9.17, 15) is 0 Å². The van der Waals surface area contributed by atoms with Crippen molar-refractivity contribution in [1.29, 1.82) is 0 Å². The Labute approximate surface area is 88.2 Å². The summed E-state index contributed by atoms with van der Waals surface area (Å²) in [6, 6.07) is 10.2. The first-order valence-electron chi connectivity index (χ1n) is 4.62. The highest BCUT2D eigenvalue weighted by molar-refractivity contribution is 8.03. The van der Waals surface area contributed by atoms with Crippen molar-refractivity contribution < 1.29 is 5.11 Å². The highest BCUT2D eigenvalue weighted by Gasteiger charge is 2.14. The van der Waals surface area contributed by atoms with Crippen LogP contribution in [0.25, 0.3) is 0 Å². The molecule has 1 N–H and O–H groups in total. The summed E-state index contributed by atoms with van der Waals surface area (Å²) in [4.78, 5) is 2.44. The van der Waals surface area contributed by atoms with E-state index in [1.807, 2.05) is 30.4 Å². The first-order valence-corrected chi connectivity index (χ1v) is 5.44. The number of hydrogen-bond acceptors (Lipinski definition) is 2. The molecule has 0 spiro atoms. The zero-order valence-electron chi connectivity index (χ0n) is 7.76. The van der Waals surface area contributed by atoms with E-state index < -0.39 is 0 Å². The van der Waals surface area contributed by atoms with Crippen LogP contribution in [-0.2, 0) is 0 Å². The van der Waals surface area contributed by atoms with Crippen LogP contribution in [0.15, 0.2) is 58.4 Å². The Morgan fingerprint density at radius 3 is 2.71 bits per heavy atom. The summed E-state index contributed by atoms with van der Waals surface area (Å²) in [5, 5.41) is 9.11. The molecule has 1 aliphatic rings. The van der Waals surface area contributed by atoms with E-state index in [4.69, 9.17) is 5.11 Å². The molecular formula is C12H12OS. The van der Waals surface area contributed by atoms with Crippen LogP contribution in [0.3, 0.4) is 0 Å². The molecule has 0 saturated heterocycles. The van der Waals surface area contributed by atoms with Crippen LogP contribution in [-0.4, -0.2) is 11.7 Å². The minimum atomic E-state index is 0.195. The van der Waals surface area contributed by atoms with Crippen LogP contribution < -0.4 is 0 Å². The van der Waals surface area contributed by atoms with Crippen molar-refractivity contribution in [2.75, 3.05) is 6.61 Å². The zero-order chi connectivity index (χ0) is 9.80. The number of benzene rings is 1. The van der Waals surface area contributed by atoms with Gasteiger partial charge in [-0.05, 0) is 17.0 Å². The Kier molecular flexibility index (Phi) is 3.07. The number of allylic oxidation sites excluding steroid dienone is 2. The summed E-state index contributed by atoms with van der Waals surface area (Å²) >= 11 is 1.72. The average Bonchev–Trinajstić information content (AvgIpc) is 2.67. The summed E-state index contributed by atoms with van der Waals surface area (Å²) in [5.41, 5.74) is 0. The molecule has 0 aromatic heterocycles. The molecule has 2 rings (SSSR count). The van der Waals surface area contributed by atoms with E-state index >= 15 is 0 Å². The van der Waals surface area contributed by atoms with Crippen molar-refractivity contribution in [2.24, 2.45) is 5.92 Å². The predicted octanol–water partition coefficient (Wildman–Crippen LogP) is 2.84. The fourth-order valence-electron chi connectivity index (χ4n) is 1.39. The molecule has 14 heavy (non-hydrogen) atoms. The van der Waals surface area contributed by atoms with E-state index in [1.165, 1.54) is 9.80 Å². The number of rotatable bonds is 3. The lowest BCUT2D eigenvalue weighted by atomic mass is 10.2. The van der Waals surface area contributed by atoms with Gasteiger partial charge in [0.2, 0.25) is 0 Å². The maximum absolute atomic E-state index is 9.11. The molecule has 72 valence electrons. The smallest absolute Gasteiger partial charge is 0.0539 e. The van der Waals surface area contributed by atoms with Gasteiger partial charge in [0, 0.05) is 10.8 Å². The standard InChI is InChI=1S/C12H12OS/c13-9-10-5-4-8-12(10)14-11-6-2-1-3-7-11/h1-8,10,13H,9H2. The molecule has 1 aromatic rings. The number of hydrogen-bond donors (Lipinski definition) is 1. The fourth-order valence-corrected chi connectivity index (χ4v) is 2.40. The Balaban J connectivity index is 2.06. The first kappa shape index (κ1) is 9.56. The molecule has 1 nitrogen and oxygen atoms in total. The molecule has 0 bridgehead atoms. The van der Waals surface area contributed by atoms with Crippen molar-refractivity contribution in [2.45, 2.75) is 4.90 Å². The average molecular weight is 204 g/mol. The third-order valence-corrected chi connectivity index (χ3v) is 3.33. The summed E-state index contributed by atoms with van der Waals surface area (Å²) in [5.74, 6) is 0.195. The van der Waals surface area contributed by atoms with Crippen molar-refractivity contribution in [3.05, 3.63) is 53.5 Å². The fraction of sp³-hybridized carbons (Fsp3) is 0.167. The van der Waals surface area contributed by atoms with E-state index in [-0.39, 0.29) is 12.5 Å². The quantitative estimate of drug-likeness (QED) is 0.817. The largest absolute Gasteiger partial charge is 0.395 e. The lowest BCUT2D eigenvalue weighted by Gasteiger charge is -2.09. The molecule has 1 aliphatic carbocycles. The van der Waals surface area contributed by atoms with Crippen molar-refractivity contribution in [3.63, 3.8) is 0 Å². The lowest BCUT2D eigenvalue weighted by Crippen LogP contribution is -2.00. The maximum Gasteiger partial charge on any atom is 0.0539 e. The molecule has 2 heteroatoms. The van der Waals surface area contributed by atoms with Gasteiger partial charge in [0.25, 0.3) is 0 Å². The Hall–Kier alpha value is -0.990. The van der Waals surface area contributed by atoms with Gasteiger partial charge in [-0.2, -0.15) is 0 Å². The molecule has 0 heterocycles. The van der Waals surface area contributed by atoms with Gasteiger partial charge in [-0.1, -0.05) is 48.2 Å². The van der Waals surface area contributed by atoms with Crippen LogP contribution >= 0.6 is 11.8 Å². The molecular weight excluding hydrogens is 192 g/mol. The summed E-state index contributed by atoms with van der Waals surface area (Å²) in [6.45, 7) is 0.197. The molecule has 0 aliphatic heterocycles. The Morgan fingerprint density at radius 1 is 1.21 bits per heavy atom. The minimum Gasteiger partial charge on any atom is -0.395 e. The highest BCUT2D eigenvalue weighted by Crippen LogP contribution is 2.34. The van der Waals surface area contributed by atoms with Gasteiger partial charge in [0.1, 0.15) is 0 Å². The van der Waals surface area contributed by atoms with Gasteiger partial charge in [-0.3, -0.25) is 0 Å². The number of aliphatic hydroxyl groups is 1. The molecule has 0 fully saturated rings. The summed E-state index contributed by atoms with van der Waals surface area (Å²) < 4.78 is 0. The zero-order valence-corrected chi connectivity index (χ0v) is 8.58. The summed E-state index contributed by atoms with van der Waals surface area (Å²) in [6.07, 6.45) is 6.11. The molecule has 1 unspecified atom stereocenters. The van der Waals surface area contributed by atoms with Crippen LogP contribution in [0.4, 0.5) is 0 Å².